The second-order valence-electron chi connectivity index (χ2n) is 8.07. The van der Waals surface area contributed by atoms with Crippen LogP contribution in [0.15, 0.2) is 55.1 Å². The lowest BCUT2D eigenvalue weighted by Gasteiger charge is -2.25. The number of aromatic nitrogens is 4. The maximum absolute atomic E-state index is 12.9. The predicted octanol–water partition coefficient (Wildman–Crippen LogP) is 3.44. The third-order valence-electron chi connectivity index (χ3n) is 5.74. The number of hydrogen-bond donors (Lipinski definition) is 0. The molecule has 6 heteroatoms. The van der Waals surface area contributed by atoms with Gasteiger partial charge in [-0.15, -0.1) is 0 Å². The fraction of sp³-hybridized carbons (Fsp3) is 0.250. The van der Waals surface area contributed by atoms with Gasteiger partial charge < -0.3 is 4.90 Å². The van der Waals surface area contributed by atoms with Crippen molar-refractivity contribution in [3.63, 3.8) is 0 Å². The number of ketones is 1. The Morgan fingerprint density at radius 2 is 1.90 bits per heavy atom. The van der Waals surface area contributed by atoms with E-state index in [1.165, 1.54) is 11.1 Å². The van der Waals surface area contributed by atoms with Crippen molar-refractivity contribution in [2.24, 2.45) is 7.05 Å². The number of nitrogens with zero attached hydrogens (tertiary/aromatic N) is 5. The Morgan fingerprint density at radius 1 is 1.00 bits per heavy atom. The third kappa shape index (κ3) is 3.62. The summed E-state index contributed by atoms with van der Waals surface area (Å²) in [4.78, 5) is 24.2. The summed E-state index contributed by atoms with van der Waals surface area (Å²) >= 11 is 0. The number of hydrogen-bond acceptors (Lipinski definition) is 5. The van der Waals surface area contributed by atoms with Crippen LogP contribution in [-0.2, 0) is 26.4 Å². The second kappa shape index (κ2) is 7.46. The first-order valence-electron chi connectivity index (χ1n) is 10.1. The molecule has 5 rings (SSSR count). The molecule has 0 fully saturated rings. The van der Waals surface area contributed by atoms with Crippen molar-refractivity contribution < 1.29 is 4.79 Å². The van der Waals surface area contributed by atoms with Gasteiger partial charge in [-0.05, 0) is 42.8 Å². The minimum Gasteiger partial charge on any atom is -0.302 e. The number of Topliss-reactive ketones (excluding diaryl/α,β-unsaturated/α-hetero) is 1. The van der Waals surface area contributed by atoms with Gasteiger partial charge in [0.25, 0.3) is 0 Å². The Balaban J connectivity index is 1.40. The van der Waals surface area contributed by atoms with Gasteiger partial charge in [-0.25, -0.2) is 0 Å². The minimum atomic E-state index is 0.0972. The van der Waals surface area contributed by atoms with Crippen LogP contribution in [0.25, 0.3) is 22.0 Å². The van der Waals surface area contributed by atoms with Gasteiger partial charge in [0.1, 0.15) is 0 Å². The first-order valence-corrected chi connectivity index (χ1v) is 10.1. The highest BCUT2D eigenvalue weighted by Gasteiger charge is 2.16. The fourth-order valence-electron chi connectivity index (χ4n) is 4.04. The SMILES string of the molecule is CN1CCc2cc(C(=O)Cc3cc4cc(-c5cnn(C)c5)cnc4cn3)ccc2C1. The van der Waals surface area contributed by atoms with Gasteiger partial charge >= 0.3 is 0 Å². The zero-order chi connectivity index (χ0) is 20.7. The van der Waals surface area contributed by atoms with Gasteiger partial charge in [-0.3, -0.25) is 19.4 Å². The van der Waals surface area contributed by atoms with Gasteiger partial charge in [0, 0.05) is 60.3 Å². The van der Waals surface area contributed by atoms with Gasteiger partial charge in [0.05, 0.1) is 24.3 Å². The molecule has 4 heterocycles. The average Bonchev–Trinajstić information content (AvgIpc) is 3.19. The summed E-state index contributed by atoms with van der Waals surface area (Å²) in [6, 6.07) is 10.1. The molecule has 150 valence electrons. The van der Waals surface area contributed by atoms with E-state index in [1.807, 2.05) is 37.8 Å². The molecular weight excluding hydrogens is 374 g/mol. The quantitative estimate of drug-likeness (QED) is 0.494. The molecule has 0 amide bonds. The Kier molecular flexibility index (Phi) is 4.64. The summed E-state index contributed by atoms with van der Waals surface area (Å²) in [5, 5.41) is 5.20. The van der Waals surface area contributed by atoms with Crippen LogP contribution in [0.3, 0.4) is 0 Å². The van der Waals surface area contributed by atoms with Crippen molar-refractivity contribution in [3.8, 4) is 11.1 Å². The van der Waals surface area contributed by atoms with Crippen LogP contribution in [-0.4, -0.2) is 44.0 Å². The molecule has 6 nitrogen and oxygen atoms in total. The Hall–Kier alpha value is -3.38. The van der Waals surface area contributed by atoms with Crippen LogP contribution in [0, 0.1) is 0 Å². The normalized spacial score (nSPS) is 14.1. The van der Waals surface area contributed by atoms with E-state index in [1.54, 1.807) is 10.9 Å². The van der Waals surface area contributed by atoms with Crippen molar-refractivity contribution in [3.05, 3.63) is 77.5 Å². The van der Waals surface area contributed by atoms with Crippen LogP contribution >= 0.6 is 0 Å². The van der Waals surface area contributed by atoms with E-state index in [4.69, 9.17) is 0 Å². The maximum atomic E-state index is 12.9. The lowest BCUT2D eigenvalue weighted by atomic mass is 9.95. The van der Waals surface area contributed by atoms with E-state index >= 15 is 0 Å². The molecular formula is C24H23N5O. The summed E-state index contributed by atoms with van der Waals surface area (Å²) in [5.74, 6) is 0.0972. The zero-order valence-corrected chi connectivity index (χ0v) is 17.2. The van der Waals surface area contributed by atoms with E-state index in [0.29, 0.717) is 0 Å². The molecule has 4 aromatic rings. The van der Waals surface area contributed by atoms with E-state index in [9.17, 15) is 4.79 Å². The van der Waals surface area contributed by atoms with Crippen LogP contribution in [0.5, 0.6) is 0 Å². The summed E-state index contributed by atoms with van der Waals surface area (Å²) in [7, 11) is 4.02. The summed E-state index contributed by atoms with van der Waals surface area (Å²) in [6.45, 7) is 1.98. The molecule has 0 saturated heterocycles. The predicted molar refractivity (Wildman–Crippen MR) is 116 cm³/mol. The molecule has 1 aromatic carbocycles. The lowest BCUT2D eigenvalue weighted by molar-refractivity contribution is 0.0992. The lowest BCUT2D eigenvalue weighted by Crippen LogP contribution is -2.26. The van der Waals surface area contributed by atoms with Crippen molar-refractivity contribution >= 4 is 16.7 Å². The molecule has 1 aliphatic heterocycles. The molecule has 0 saturated carbocycles. The number of carbonyl (C=O) groups excluding carboxylic acids is 1. The zero-order valence-electron chi connectivity index (χ0n) is 17.2. The smallest absolute Gasteiger partial charge is 0.168 e. The monoisotopic (exact) mass is 397 g/mol. The fourth-order valence-corrected chi connectivity index (χ4v) is 4.04. The van der Waals surface area contributed by atoms with E-state index in [2.05, 4.69) is 45.2 Å². The Labute approximate surface area is 175 Å². The highest BCUT2D eigenvalue weighted by Crippen LogP contribution is 2.23. The van der Waals surface area contributed by atoms with Crippen molar-refractivity contribution in [1.82, 2.24) is 24.6 Å². The summed E-state index contributed by atoms with van der Waals surface area (Å²) in [6.07, 6.45) is 8.63. The number of aryl methyl sites for hydroxylation is 1. The molecule has 0 spiro atoms. The number of benzene rings is 1. The Bertz CT molecular complexity index is 1260. The van der Waals surface area contributed by atoms with Crippen LogP contribution in [0.2, 0.25) is 0 Å². The van der Waals surface area contributed by atoms with Crippen LogP contribution < -0.4 is 0 Å². The number of rotatable bonds is 4. The molecule has 0 N–H and O–H groups in total. The van der Waals surface area contributed by atoms with Gasteiger partial charge in [-0.1, -0.05) is 12.1 Å². The minimum absolute atomic E-state index is 0.0972. The standard InChI is InChI=1S/C24H23N5O/c1-28-6-5-16-7-17(3-4-18(16)14-28)24(30)10-22-9-19-8-20(11-26-23(19)13-25-22)21-12-27-29(2)15-21/h3-4,7-9,11-13,15H,5-6,10,14H2,1-2H3. The second-order valence-corrected chi connectivity index (χ2v) is 8.07. The molecule has 1 aliphatic rings. The van der Waals surface area contributed by atoms with E-state index in [-0.39, 0.29) is 12.2 Å². The van der Waals surface area contributed by atoms with E-state index < -0.39 is 0 Å². The molecule has 0 atom stereocenters. The molecule has 0 aliphatic carbocycles. The molecule has 0 radical (unpaired) electrons. The largest absolute Gasteiger partial charge is 0.302 e. The highest BCUT2D eigenvalue weighted by molar-refractivity contribution is 5.98. The van der Waals surface area contributed by atoms with Crippen LogP contribution in [0.1, 0.15) is 27.2 Å². The van der Waals surface area contributed by atoms with Gasteiger partial charge in [-0.2, -0.15) is 5.10 Å². The molecule has 30 heavy (non-hydrogen) atoms. The highest BCUT2D eigenvalue weighted by atomic mass is 16.1. The topological polar surface area (TPSA) is 63.9 Å². The van der Waals surface area contributed by atoms with Crippen molar-refractivity contribution in [2.75, 3.05) is 13.6 Å². The van der Waals surface area contributed by atoms with Crippen molar-refractivity contribution in [2.45, 2.75) is 19.4 Å². The van der Waals surface area contributed by atoms with E-state index in [0.717, 1.165) is 52.8 Å². The number of pyridine rings is 2. The first-order chi connectivity index (χ1) is 14.5. The average molecular weight is 397 g/mol. The number of carbonyl (C=O) groups is 1. The Morgan fingerprint density at radius 3 is 2.73 bits per heavy atom. The first kappa shape index (κ1) is 18.6. The van der Waals surface area contributed by atoms with Gasteiger partial charge in [0.15, 0.2) is 5.78 Å². The number of fused-ring (bicyclic) bond motifs is 2. The molecule has 0 bridgehead atoms. The summed E-state index contributed by atoms with van der Waals surface area (Å²) in [5.41, 5.74) is 6.96. The van der Waals surface area contributed by atoms with Crippen LogP contribution in [0.4, 0.5) is 0 Å². The third-order valence-corrected chi connectivity index (χ3v) is 5.74. The molecule has 0 unspecified atom stereocenters. The maximum Gasteiger partial charge on any atom is 0.168 e. The van der Waals surface area contributed by atoms with Gasteiger partial charge in [0.2, 0.25) is 0 Å². The molecule has 3 aromatic heterocycles. The van der Waals surface area contributed by atoms with Crippen molar-refractivity contribution in [1.29, 1.82) is 0 Å². The number of likely N-dealkylation sites (N-methyl/N-ethyl adjacent to an activating group) is 1. The summed E-state index contributed by atoms with van der Waals surface area (Å²) < 4.78 is 1.77.